The lowest BCUT2D eigenvalue weighted by Crippen LogP contribution is -2.51. The third-order valence-corrected chi connectivity index (χ3v) is 3.20. The van der Waals surface area contributed by atoms with Gasteiger partial charge >= 0.3 is 5.97 Å². The molecule has 0 aliphatic heterocycles. The largest absolute Gasteiger partial charge is 0.479 e. The van der Waals surface area contributed by atoms with E-state index in [1.165, 1.54) is 6.92 Å². The zero-order chi connectivity index (χ0) is 14.5. The van der Waals surface area contributed by atoms with E-state index in [2.05, 4.69) is 5.32 Å². The maximum Gasteiger partial charge on any atom is 0.333 e. The molecule has 1 aromatic rings. The number of carboxylic acids is 1. The lowest BCUT2D eigenvalue weighted by Gasteiger charge is -2.28. The van der Waals surface area contributed by atoms with Gasteiger partial charge in [-0.25, -0.2) is 4.79 Å². The Kier molecular flexibility index (Phi) is 5.06. The summed E-state index contributed by atoms with van der Waals surface area (Å²) < 4.78 is 0. The number of carbonyl (C=O) groups is 2. The number of hydrogen-bond acceptors (Lipinski definition) is 3. The van der Waals surface area contributed by atoms with Gasteiger partial charge in [0, 0.05) is 5.92 Å². The van der Waals surface area contributed by atoms with Gasteiger partial charge in [-0.1, -0.05) is 37.3 Å². The van der Waals surface area contributed by atoms with Crippen LogP contribution in [-0.4, -0.2) is 23.5 Å². The van der Waals surface area contributed by atoms with Crippen LogP contribution in [0.25, 0.3) is 0 Å². The van der Waals surface area contributed by atoms with Crippen LogP contribution >= 0.6 is 0 Å². The molecular formula is C14H20N2O3. The molecule has 0 bridgehead atoms. The Labute approximate surface area is 112 Å². The highest BCUT2D eigenvalue weighted by atomic mass is 16.4. The minimum absolute atomic E-state index is 0.306. The van der Waals surface area contributed by atoms with E-state index in [1.807, 2.05) is 0 Å². The maximum absolute atomic E-state index is 12.0. The highest BCUT2D eigenvalue weighted by Crippen LogP contribution is 2.21. The average molecular weight is 264 g/mol. The SMILES string of the molecule is CC(CCN)C(=O)NC(C)(C(=O)O)c1ccccc1. The molecule has 0 aliphatic carbocycles. The summed E-state index contributed by atoms with van der Waals surface area (Å²) in [5.74, 6) is -1.71. The van der Waals surface area contributed by atoms with Crippen molar-refractivity contribution < 1.29 is 14.7 Å². The summed E-state index contributed by atoms with van der Waals surface area (Å²) in [5, 5.41) is 12.0. The van der Waals surface area contributed by atoms with Gasteiger partial charge in [0.2, 0.25) is 5.91 Å². The standard InChI is InChI=1S/C14H20N2O3/c1-10(8-9-15)12(17)16-14(2,13(18)19)11-6-4-3-5-7-11/h3-7,10H,8-9,15H2,1-2H3,(H,16,17)(H,18,19). The van der Waals surface area contributed by atoms with Crippen molar-refractivity contribution in [2.75, 3.05) is 6.54 Å². The van der Waals surface area contributed by atoms with E-state index in [1.54, 1.807) is 37.3 Å². The number of aliphatic carboxylic acids is 1. The molecule has 0 aliphatic rings. The summed E-state index contributed by atoms with van der Waals surface area (Å²) in [6.45, 7) is 3.61. The van der Waals surface area contributed by atoms with Crippen molar-refractivity contribution in [3.05, 3.63) is 35.9 Å². The zero-order valence-electron chi connectivity index (χ0n) is 11.2. The third-order valence-electron chi connectivity index (χ3n) is 3.20. The Hall–Kier alpha value is -1.88. The molecule has 0 aromatic heterocycles. The molecule has 19 heavy (non-hydrogen) atoms. The Bertz CT molecular complexity index is 447. The summed E-state index contributed by atoms with van der Waals surface area (Å²) in [4.78, 5) is 23.5. The van der Waals surface area contributed by atoms with E-state index in [0.29, 0.717) is 18.5 Å². The van der Waals surface area contributed by atoms with Crippen LogP contribution in [0.4, 0.5) is 0 Å². The zero-order valence-corrected chi connectivity index (χ0v) is 11.2. The van der Waals surface area contributed by atoms with Gasteiger partial charge in [-0.2, -0.15) is 0 Å². The van der Waals surface area contributed by atoms with Gasteiger partial charge in [0.05, 0.1) is 0 Å². The number of nitrogens with two attached hydrogens (primary N) is 1. The van der Waals surface area contributed by atoms with Crippen LogP contribution in [0.2, 0.25) is 0 Å². The molecule has 5 heteroatoms. The second-order valence-electron chi connectivity index (χ2n) is 4.76. The quantitative estimate of drug-likeness (QED) is 0.717. The van der Waals surface area contributed by atoms with Gasteiger partial charge in [-0.3, -0.25) is 4.79 Å². The Morgan fingerprint density at radius 2 is 1.95 bits per heavy atom. The van der Waals surface area contributed by atoms with Crippen LogP contribution in [0.3, 0.4) is 0 Å². The molecule has 1 rings (SSSR count). The Morgan fingerprint density at radius 1 is 1.37 bits per heavy atom. The lowest BCUT2D eigenvalue weighted by atomic mass is 9.91. The van der Waals surface area contributed by atoms with Crippen molar-refractivity contribution >= 4 is 11.9 Å². The molecule has 0 saturated carbocycles. The maximum atomic E-state index is 12.0. The topological polar surface area (TPSA) is 92.4 Å². The van der Waals surface area contributed by atoms with Gasteiger partial charge in [0.25, 0.3) is 0 Å². The first-order valence-corrected chi connectivity index (χ1v) is 6.23. The summed E-state index contributed by atoms with van der Waals surface area (Å²) in [5.41, 5.74) is 4.51. The van der Waals surface area contributed by atoms with Gasteiger partial charge in [-0.05, 0) is 25.5 Å². The molecule has 104 valence electrons. The second-order valence-corrected chi connectivity index (χ2v) is 4.76. The number of amides is 1. The highest BCUT2D eigenvalue weighted by molar-refractivity contribution is 5.88. The van der Waals surface area contributed by atoms with Crippen molar-refractivity contribution in [2.45, 2.75) is 25.8 Å². The predicted molar refractivity (Wildman–Crippen MR) is 72.4 cm³/mol. The number of rotatable bonds is 6. The Morgan fingerprint density at radius 3 is 2.42 bits per heavy atom. The smallest absolute Gasteiger partial charge is 0.333 e. The van der Waals surface area contributed by atoms with E-state index in [-0.39, 0.29) is 11.8 Å². The fourth-order valence-corrected chi connectivity index (χ4v) is 1.77. The minimum atomic E-state index is -1.43. The molecule has 2 atom stereocenters. The van der Waals surface area contributed by atoms with Crippen molar-refractivity contribution in [1.82, 2.24) is 5.32 Å². The molecule has 0 radical (unpaired) electrons. The van der Waals surface area contributed by atoms with Crippen LogP contribution in [0.1, 0.15) is 25.8 Å². The average Bonchev–Trinajstić information content (AvgIpc) is 2.39. The monoisotopic (exact) mass is 264 g/mol. The number of carbonyl (C=O) groups excluding carboxylic acids is 1. The summed E-state index contributed by atoms with van der Waals surface area (Å²) >= 11 is 0. The van der Waals surface area contributed by atoms with E-state index in [4.69, 9.17) is 5.73 Å². The first-order valence-electron chi connectivity index (χ1n) is 6.23. The van der Waals surface area contributed by atoms with Crippen LogP contribution in [0, 0.1) is 5.92 Å². The van der Waals surface area contributed by atoms with Crippen LogP contribution in [0.15, 0.2) is 30.3 Å². The van der Waals surface area contributed by atoms with E-state index in [0.717, 1.165) is 0 Å². The minimum Gasteiger partial charge on any atom is -0.479 e. The van der Waals surface area contributed by atoms with Crippen LogP contribution < -0.4 is 11.1 Å². The van der Waals surface area contributed by atoms with Crippen molar-refractivity contribution in [1.29, 1.82) is 0 Å². The molecule has 1 aromatic carbocycles. The number of benzene rings is 1. The summed E-state index contributed by atoms with van der Waals surface area (Å²) in [6, 6.07) is 8.65. The normalized spacial score (nSPS) is 15.3. The van der Waals surface area contributed by atoms with Crippen molar-refractivity contribution in [2.24, 2.45) is 11.7 Å². The molecule has 0 saturated heterocycles. The van der Waals surface area contributed by atoms with Crippen molar-refractivity contribution in [3.8, 4) is 0 Å². The summed E-state index contributed by atoms with van der Waals surface area (Å²) in [6.07, 6.45) is 0.524. The Balaban J connectivity index is 2.96. The first-order chi connectivity index (χ1) is 8.91. The number of hydrogen-bond donors (Lipinski definition) is 3. The molecule has 0 fully saturated rings. The van der Waals surface area contributed by atoms with Gasteiger partial charge < -0.3 is 16.2 Å². The predicted octanol–water partition coefficient (Wildman–Crippen LogP) is 1.09. The third kappa shape index (κ3) is 3.54. The van der Waals surface area contributed by atoms with Gasteiger partial charge in [0.1, 0.15) is 0 Å². The first kappa shape index (κ1) is 15.2. The fraction of sp³-hybridized carbons (Fsp3) is 0.429. The van der Waals surface area contributed by atoms with E-state index in [9.17, 15) is 14.7 Å². The highest BCUT2D eigenvalue weighted by Gasteiger charge is 2.37. The number of carboxylic acid groups (broad SMARTS) is 1. The van der Waals surface area contributed by atoms with E-state index < -0.39 is 11.5 Å². The molecule has 5 nitrogen and oxygen atoms in total. The molecular weight excluding hydrogens is 244 g/mol. The molecule has 0 spiro atoms. The van der Waals surface area contributed by atoms with Crippen LogP contribution in [-0.2, 0) is 15.1 Å². The second kappa shape index (κ2) is 6.33. The van der Waals surface area contributed by atoms with E-state index >= 15 is 0 Å². The van der Waals surface area contributed by atoms with Crippen molar-refractivity contribution in [3.63, 3.8) is 0 Å². The van der Waals surface area contributed by atoms with Gasteiger partial charge in [0.15, 0.2) is 5.54 Å². The summed E-state index contributed by atoms with van der Waals surface area (Å²) in [7, 11) is 0. The molecule has 2 unspecified atom stereocenters. The lowest BCUT2D eigenvalue weighted by molar-refractivity contribution is -0.148. The fourth-order valence-electron chi connectivity index (χ4n) is 1.77. The molecule has 0 heterocycles. The number of nitrogens with one attached hydrogen (secondary N) is 1. The van der Waals surface area contributed by atoms with Gasteiger partial charge in [-0.15, -0.1) is 0 Å². The van der Waals surface area contributed by atoms with Crippen LogP contribution in [0.5, 0.6) is 0 Å². The molecule has 1 amide bonds. The molecule has 4 N–H and O–H groups in total.